The average Bonchev–Trinajstić information content (AvgIpc) is 2.66. The fraction of sp³-hybridized carbons (Fsp3) is 0.300. The maximum absolute atomic E-state index is 13.8. The molecule has 0 heterocycles. The minimum absolute atomic E-state index is 0.237. The van der Waals surface area contributed by atoms with Crippen LogP contribution < -0.4 is 10.5 Å². The van der Waals surface area contributed by atoms with E-state index in [1.807, 2.05) is 30.3 Å². The first-order chi connectivity index (χ1) is 12.7. The van der Waals surface area contributed by atoms with Gasteiger partial charge < -0.3 is 10.5 Å². The van der Waals surface area contributed by atoms with E-state index >= 15 is 0 Å². The Morgan fingerprint density at radius 1 is 1.19 bits per heavy atom. The molecule has 0 atom stereocenters. The van der Waals surface area contributed by atoms with Gasteiger partial charge in [-0.3, -0.25) is 0 Å². The Kier molecular flexibility index (Phi) is 8.69. The number of benzene rings is 2. The van der Waals surface area contributed by atoms with Gasteiger partial charge in [-0.2, -0.15) is 5.10 Å². The summed E-state index contributed by atoms with van der Waals surface area (Å²) < 4.78 is 19.3. The summed E-state index contributed by atoms with van der Waals surface area (Å²) in [6.45, 7) is 2.62. The number of hydrogen-bond acceptors (Lipinski definition) is 4. The third-order valence-corrected chi connectivity index (χ3v) is 4.41. The fourth-order valence-electron chi connectivity index (χ4n) is 2.16. The van der Waals surface area contributed by atoms with Crippen LogP contribution in [0.5, 0.6) is 5.75 Å². The van der Waals surface area contributed by atoms with E-state index in [0.717, 1.165) is 25.0 Å². The Balaban J connectivity index is 1.88. The zero-order chi connectivity index (χ0) is 18.6. The highest BCUT2D eigenvalue weighted by Crippen LogP contribution is 2.18. The number of nitrogens with two attached hydrogens (primary N) is 1. The summed E-state index contributed by atoms with van der Waals surface area (Å²) in [6, 6.07) is 14.6. The van der Waals surface area contributed by atoms with Crippen molar-refractivity contribution in [3.8, 4) is 5.75 Å². The Morgan fingerprint density at radius 3 is 2.77 bits per heavy atom. The molecule has 4 nitrogen and oxygen atoms in total. The number of hydrogen-bond donors (Lipinski definition) is 1. The molecule has 0 aliphatic rings. The predicted octanol–water partition coefficient (Wildman–Crippen LogP) is 4.98. The van der Waals surface area contributed by atoms with Crippen LogP contribution in [0.15, 0.2) is 58.7 Å². The lowest BCUT2D eigenvalue weighted by Crippen LogP contribution is -2.06. The van der Waals surface area contributed by atoms with Crippen molar-refractivity contribution in [1.29, 1.82) is 0 Å². The molecule has 0 fully saturated rings. The molecule has 0 amide bonds. The normalized spacial score (nSPS) is 11.8. The molecule has 0 saturated carbocycles. The molecule has 0 bridgehead atoms. The second-order valence-corrected chi connectivity index (χ2v) is 6.70. The van der Waals surface area contributed by atoms with Crippen LogP contribution in [0.2, 0.25) is 0 Å². The molecule has 0 aromatic heterocycles. The second kappa shape index (κ2) is 11.3. The van der Waals surface area contributed by atoms with Crippen LogP contribution in [0, 0.1) is 5.82 Å². The molecule has 0 spiro atoms. The smallest absolute Gasteiger partial charge is 0.180 e. The first-order valence-electron chi connectivity index (χ1n) is 8.64. The SMILES string of the molecule is CCCCCOc1cc(C=NN=C(N)SCc2ccccc2)ccc1F. The molecule has 26 heavy (non-hydrogen) atoms. The van der Waals surface area contributed by atoms with Gasteiger partial charge in [0.2, 0.25) is 0 Å². The Bertz CT molecular complexity index is 735. The Labute approximate surface area is 158 Å². The summed E-state index contributed by atoms with van der Waals surface area (Å²) in [5.41, 5.74) is 7.73. The molecule has 2 rings (SSSR count). The van der Waals surface area contributed by atoms with Crippen molar-refractivity contribution >= 4 is 23.1 Å². The number of nitrogens with zero attached hydrogens (tertiary/aromatic N) is 2. The highest BCUT2D eigenvalue weighted by molar-refractivity contribution is 8.13. The zero-order valence-corrected chi connectivity index (χ0v) is 15.7. The topological polar surface area (TPSA) is 60.0 Å². The molecule has 2 N–H and O–H groups in total. The lowest BCUT2D eigenvalue weighted by molar-refractivity contribution is 0.291. The molecule has 0 saturated heterocycles. The van der Waals surface area contributed by atoms with Crippen molar-refractivity contribution in [3.05, 3.63) is 65.5 Å². The molecular weight excluding hydrogens is 349 g/mol. The lowest BCUT2D eigenvalue weighted by atomic mass is 10.2. The molecule has 0 radical (unpaired) electrons. The van der Waals surface area contributed by atoms with Crippen LogP contribution in [0.1, 0.15) is 37.3 Å². The third kappa shape index (κ3) is 7.27. The molecule has 6 heteroatoms. The molecule has 2 aromatic carbocycles. The summed E-state index contributed by atoms with van der Waals surface area (Å²) in [4.78, 5) is 0. The van der Waals surface area contributed by atoms with Crippen molar-refractivity contribution in [3.63, 3.8) is 0 Å². The third-order valence-electron chi connectivity index (χ3n) is 3.55. The summed E-state index contributed by atoms with van der Waals surface area (Å²) in [5.74, 6) is 0.596. The standard InChI is InChI=1S/C20H24FN3OS/c1-2-3-7-12-25-19-13-17(10-11-18(19)21)14-23-24-20(22)26-15-16-8-5-4-6-9-16/h4-6,8-11,13-14H,2-3,7,12,15H2,1H3,(H2,22,24). The predicted molar refractivity (Wildman–Crippen MR) is 108 cm³/mol. The first-order valence-corrected chi connectivity index (χ1v) is 9.63. The molecule has 0 aliphatic carbocycles. The van der Waals surface area contributed by atoms with Crippen molar-refractivity contribution in [2.45, 2.75) is 31.9 Å². The van der Waals surface area contributed by atoms with Gasteiger partial charge in [-0.1, -0.05) is 67.9 Å². The average molecular weight is 373 g/mol. The van der Waals surface area contributed by atoms with Gasteiger partial charge in [-0.25, -0.2) is 4.39 Å². The van der Waals surface area contributed by atoms with Gasteiger partial charge in [-0.05, 0) is 29.7 Å². The van der Waals surface area contributed by atoms with Gasteiger partial charge in [0.25, 0.3) is 0 Å². The van der Waals surface area contributed by atoms with E-state index in [1.165, 1.54) is 29.6 Å². The van der Waals surface area contributed by atoms with Crippen molar-refractivity contribution in [1.82, 2.24) is 0 Å². The van der Waals surface area contributed by atoms with E-state index in [-0.39, 0.29) is 11.6 Å². The second-order valence-electron chi connectivity index (χ2n) is 5.70. The van der Waals surface area contributed by atoms with Gasteiger partial charge in [0.1, 0.15) is 0 Å². The van der Waals surface area contributed by atoms with E-state index in [1.54, 1.807) is 12.1 Å². The Hall–Kier alpha value is -2.34. The minimum atomic E-state index is -0.375. The fourth-order valence-corrected chi connectivity index (χ4v) is 2.77. The van der Waals surface area contributed by atoms with Gasteiger partial charge in [-0.15, -0.1) is 5.10 Å². The molecule has 0 aliphatic heterocycles. The quantitative estimate of drug-likeness (QED) is 0.292. The molecule has 0 unspecified atom stereocenters. The van der Waals surface area contributed by atoms with E-state index in [2.05, 4.69) is 17.1 Å². The summed E-state index contributed by atoms with van der Waals surface area (Å²) >= 11 is 1.42. The summed E-state index contributed by atoms with van der Waals surface area (Å²) in [5, 5.41) is 8.32. The summed E-state index contributed by atoms with van der Waals surface area (Å²) in [6.07, 6.45) is 4.61. The van der Waals surface area contributed by atoms with E-state index in [4.69, 9.17) is 10.5 Å². The minimum Gasteiger partial charge on any atom is -0.490 e. The van der Waals surface area contributed by atoms with Crippen LogP contribution in [0.4, 0.5) is 4.39 Å². The van der Waals surface area contributed by atoms with Crippen LogP contribution >= 0.6 is 11.8 Å². The number of rotatable bonds is 9. The van der Waals surface area contributed by atoms with Gasteiger partial charge in [0.05, 0.1) is 12.8 Å². The van der Waals surface area contributed by atoms with E-state index in [0.29, 0.717) is 17.3 Å². The maximum atomic E-state index is 13.8. The monoisotopic (exact) mass is 373 g/mol. The van der Waals surface area contributed by atoms with Gasteiger partial charge in [0, 0.05) is 5.75 Å². The number of unbranched alkanes of at least 4 members (excludes halogenated alkanes) is 2. The van der Waals surface area contributed by atoms with E-state index < -0.39 is 0 Å². The maximum Gasteiger partial charge on any atom is 0.180 e. The number of ether oxygens (including phenoxy) is 1. The van der Waals surface area contributed by atoms with Crippen LogP contribution in [0.3, 0.4) is 0 Å². The first kappa shape index (κ1) is 20.0. The van der Waals surface area contributed by atoms with Gasteiger partial charge >= 0.3 is 0 Å². The number of amidine groups is 1. The van der Waals surface area contributed by atoms with Crippen LogP contribution in [0.25, 0.3) is 0 Å². The molecule has 138 valence electrons. The lowest BCUT2D eigenvalue weighted by Gasteiger charge is -2.07. The molecular formula is C20H24FN3OS. The highest BCUT2D eigenvalue weighted by atomic mass is 32.2. The zero-order valence-electron chi connectivity index (χ0n) is 14.9. The van der Waals surface area contributed by atoms with Crippen molar-refractivity contribution in [2.24, 2.45) is 15.9 Å². The largest absolute Gasteiger partial charge is 0.490 e. The van der Waals surface area contributed by atoms with Crippen LogP contribution in [-0.2, 0) is 5.75 Å². The van der Waals surface area contributed by atoms with Crippen LogP contribution in [-0.4, -0.2) is 18.0 Å². The summed E-state index contributed by atoms with van der Waals surface area (Å²) in [7, 11) is 0. The van der Waals surface area contributed by atoms with E-state index in [9.17, 15) is 4.39 Å². The highest BCUT2D eigenvalue weighted by Gasteiger charge is 2.04. The van der Waals surface area contributed by atoms with Crippen molar-refractivity contribution in [2.75, 3.05) is 6.61 Å². The molecule has 2 aromatic rings. The number of halogens is 1. The number of thioether (sulfide) groups is 1. The Morgan fingerprint density at radius 2 is 2.00 bits per heavy atom. The van der Waals surface area contributed by atoms with Crippen molar-refractivity contribution < 1.29 is 9.13 Å². The van der Waals surface area contributed by atoms with Gasteiger partial charge in [0.15, 0.2) is 16.7 Å².